The van der Waals surface area contributed by atoms with Crippen molar-refractivity contribution < 1.29 is 26.0 Å². The van der Waals surface area contributed by atoms with Gasteiger partial charge in [0, 0.05) is 5.56 Å². The zero-order valence-electron chi connectivity index (χ0n) is 13.7. The largest absolute Gasteiger partial charge is 0.419 e. The van der Waals surface area contributed by atoms with E-state index in [-0.39, 0.29) is 16.0 Å². The summed E-state index contributed by atoms with van der Waals surface area (Å²) in [6.45, 7) is 0. The van der Waals surface area contributed by atoms with Gasteiger partial charge >= 0.3 is 6.18 Å². The number of benzene rings is 3. The average molecular weight is 395 g/mol. The van der Waals surface area contributed by atoms with Crippen LogP contribution < -0.4 is 5.14 Å². The molecule has 3 nitrogen and oxygen atoms in total. The summed E-state index contributed by atoms with van der Waals surface area (Å²) in [5.41, 5.74) is -0.368. The van der Waals surface area contributed by atoms with E-state index in [1.54, 1.807) is 24.3 Å². The van der Waals surface area contributed by atoms with Gasteiger partial charge in [0.05, 0.1) is 10.5 Å². The highest BCUT2D eigenvalue weighted by molar-refractivity contribution is 7.89. The summed E-state index contributed by atoms with van der Waals surface area (Å²) < 4.78 is 76.5. The Kier molecular flexibility index (Phi) is 4.79. The van der Waals surface area contributed by atoms with Crippen molar-refractivity contribution in [2.75, 3.05) is 0 Å². The molecule has 2 N–H and O–H groups in total. The van der Waals surface area contributed by atoms with Gasteiger partial charge in [-0.05, 0) is 34.9 Å². The maximum Gasteiger partial charge on any atom is 0.419 e. The van der Waals surface area contributed by atoms with Gasteiger partial charge < -0.3 is 0 Å². The van der Waals surface area contributed by atoms with E-state index < -0.39 is 27.6 Å². The molecule has 0 saturated heterocycles. The molecule has 0 heterocycles. The Morgan fingerprint density at radius 3 is 1.93 bits per heavy atom. The predicted molar refractivity (Wildman–Crippen MR) is 93.6 cm³/mol. The van der Waals surface area contributed by atoms with E-state index in [1.165, 1.54) is 30.3 Å². The average Bonchev–Trinajstić information content (AvgIpc) is 2.60. The van der Waals surface area contributed by atoms with Crippen LogP contribution in [0.3, 0.4) is 0 Å². The molecule has 8 heteroatoms. The molecule has 0 aromatic heterocycles. The van der Waals surface area contributed by atoms with Crippen molar-refractivity contribution in [3.8, 4) is 22.3 Å². The van der Waals surface area contributed by atoms with E-state index in [0.29, 0.717) is 17.2 Å². The highest BCUT2D eigenvalue weighted by Gasteiger charge is 2.34. The number of hydrogen-bond donors (Lipinski definition) is 1. The van der Waals surface area contributed by atoms with Crippen molar-refractivity contribution in [2.45, 2.75) is 11.1 Å². The van der Waals surface area contributed by atoms with Gasteiger partial charge in [-0.2, -0.15) is 13.2 Å². The van der Waals surface area contributed by atoms with Crippen LogP contribution in [-0.2, 0) is 16.2 Å². The number of halogens is 4. The Bertz CT molecular complexity index is 1110. The molecule has 140 valence electrons. The molecule has 0 fully saturated rings. The molecule has 3 rings (SSSR count). The minimum absolute atomic E-state index is 0.101. The minimum atomic E-state index is -4.85. The van der Waals surface area contributed by atoms with Gasteiger partial charge in [-0.1, -0.05) is 48.5 Å². The van der Waals surface area contributed by atoms with Gasteiger partial charge in [0.2, 0.25) is 10.0 Å². The van der Waals surface area contributed by atoms with Crippen molar-refractivity contribution in [1.82, 2.24) is 0 Å². The Hall–Kier alpha value is -2.71. The maximum atomic E-state index is 13.6. The van der Waals surface area contributed by atoms with E-state index in [4.69, 9.17) is 5.14 Å². The monoisotopic (exact) mass is 395 g/mol. The molecule has 0 bridgehead atoms. The number of nitrogens with two attached hydrogens (primary N) is 1. The van der Waals surface area contributed by atoms with Crippen LogP contribution in [0.1, 0.15) is 5.56 Å². The van der Waals surface area contributed by atoms with Crippen LogP contribution in [0.25, 0.3) is 22.3 Å². The van der Waals surface area contributed by atoms with E-state index >= 15 is 0 Å². The fourth-order valence-electron chi connectivity index (χ4n) is 2.82. The first-order valence-corrected chi connectivity index (χ1v) is 9.22. The summed E-state index contributed by atoms with van der Waals surface area (Å²) in [5.74, 6) is -1.38. The molecule has 0 atom stereocenters. The van der Waals surface area contributed by atoms with Crippen LogP contribution in [-0.4, -0.2) is 8.42 Å². The Labute approximate surface area is 153 Å². The van der Waals surface area contributed by atoms with E-state index in [0.717, 1.165) is 6.07 Å². The van der Waals surface area contributed by atoms with Gasteiger partial charge in [0.15, 0.2) is 0 Å². The maximum absolute atomic E-state index is 13.6. The quantitative estimate of drug-likeness (QED) is 0.646. The Balaban J connectivity index is 2.27. The number of rotatable bonds is 3. The lowest BCUT2D eigenvalue weighted by atomic mass is 9.93. The molecule has 3 aromatic carbocycles. The second-order valence-electron chi connectivity index (χ2n) is 5.78. The third kappa shape index (κ3) is 3.86. The Morgan fingerprint density at radius 2 is 1.33 bits per heavy atom. The summed E-state index contributed by atoms with van der Waals surface area (Å²) in [4.78, 5) is -0.157. The molecular formula is C19H13F4NO2S. The van der Waals surface area contributed by atoms with Crippen molar-refractivity contribution in [2.24, 2.45) is 5.14 Å². The fourth-order valence-corrected chi connectivity index (χ4v) is 3.57. The van der Waals surface area contributed by atoms with Crippen LogP contribution >= 0.6 is 0 Å². The minimum Gasteiger partial charge on any atom is -0.225 e. The number of sulfonamides is 1. The van der Waals surface area contributed by atoms with Crippen LogP contribution in [0.4, 0.5) is 17.6 Å². The third-order valence-corrected chi connectivity index (χ3v) is 4.96. The van der Waals surface area contributed by atoms with Gasteiger partial charge in [-0.15, -0.1) is 0 Å². The van der Waals surface area contributed by atoms with Gasteiger partial charge in [-0.25, -0.2) is 17.9 Å². The second kappa shape index (κ2) is 6.79. The van der Waals surface area contributed by atoms with Crippen LogP contribution in [0.5, 0.6) is 0 Å². The zero-order valence-corrected chi connectivity index (χ0v) is 14.5. The summed E-state index contributed by atoms with van der Waals surface area (Å²) in [6.07, 6.45) is -4.85. The summed E-state index contributed by atoms with van der Waals surface area (Å²) in [7, 11) is -4.06. The predicted octanol–water partition coefficient (Wildman–Crippen LogP) is 4.83. The zero-order chi connectivity index (χ0) is 19.8. The molecule has 0 amide bonds. The van der Waals surface area contributed by atoms with Crippen LogP contribution in [0.15, 0.2) is 71.6 Å². The highest BCUT2D eigenvalue weighted by Crippen LogP contribution is 2.38. The summed E-state index contributed by atoms with van der Waals surface area (Å²) in [5, 5.41) is 5.26. The molecule has 0 aliphatic rings. The molecule has 0 unspecified atom stereocenters. The lowest BCUT2D eigenvalue weighted by Gasteiger charge is -2.15. The van der Waals surface area contributed by atoms with Crippen LogP contribution in [0.2, 0.25) is 0 Å². The lowest BCUT2D eigenvalue weighted by molar-refractivity contribution is -0.139. The topological polar surface area (TPSA) is 60.2 Å². The first kappa shape index (κ1) is 19.1. The summed E-state index contributed by atoms with van der Waals surface area (Å²) in [6, 6.07) is 14.9. The molecule has 0 radical (unpaired) electrons. The third-order valence-electron chi connectivity index (χ3n) is 3.99. The van der Waals surface area contributed by atoms with Crippen LogP contribution in [0, 0.1) is 5.82 Å². The molecular weight excluding hydrogens is 382 g/mol. The van der Waals surface area contributed by atoms with E-state index in [9.17, 15) is 26.0 Å². The normalized spacial score (nSPS) is 12.2. The lowest BCUT2D eigenvalue weighted by Crippen LogP contribution is -2.13. The molecule has 0 aliphatic heterocycles. The molecule has 0 saturated carbocycles. The first-order valence-electron chi connectivity index (χ1n) is 7.67. The van der Waals surface area contributed by atoms with E-state index in [1.807, 2.05) is 0 Å². The van der Waals surface area contributed by atoms with Crippen molar-refractivity contribution >= 4 is 10.0 Å². The highest BCUT2D eigenvalue weighted by atomic mass is 32.2. The van der Waals surface area contributed by atoms with Crippen molar-refractivity contribution in [1.29, 1.82) is 0 Å². The van der Waals surface area contributed by atoms with Gasteiger partial charge in [0.1, 0.15) is 5.82 Å². The number of primary sulfonamides is 1. The fraction of sp³-hybridized carbons (Fsp3) is 0.0526. The Morgan fingerprint density at radius 1 is 0.778 bits per heavy atom. The molecule has 0 spiro atoms. The second-order valence-corrected chi connectivity index (χ2v) is 7.31. The van der Waals surface area contributed by atoms with Crippen molar-refractivity contribution in [3.05, 3.63) is 78.1 Å². The van der Waals surface area contributed by atoms with Gasteiger partial charge in [-0.3, -0.25) is 0 Å². The van der Waals surface area contributed by atoms with Gasteiger partial charge in [0.25, 0.3) is 0 Å². The molecule has 3 aromatic rings. The summed E-state index contributed by atoms with van der Waals surface area (Å²) >= 11 is 0. The smallest absolute Gasteiger partial charge is 0.225 e. The number of hydrogen-bond acceptors (Lipinski definition) is 2. The first-order chi connectivity index (χ1) is 12.6. The molecule has 0 aliphatic carbocycles. The SMILES string of the molecule is NS(=O)(=O)c1ccccc1-c1ccccc1-c1ccc(F)c(C(F)(F)F)c1. The number of alkyl halides is 3. The van der Waals surface area contributed by atoms with Crippen molar-refractivity contribution in [3.63, 3.8) is 0 Å². The molecule has 27 heavy (non-hydrogen) atoms. The van der Waals surface area contributed by atoms with E-state index in [2.05, 4.69) is 0 Å². The standard InChI is InChI=1S/C19H13F4NO2S/c20-17-10-9-12(11-16(17)19(21,22)23)13-5-1-2-6-14(13)15-7-3-4-8-18(15)27(24,25)26/h1-11H,(H2,24,25,26).